The minimum atomic E-state index is 0. The molecular formula is C4H4B20CoNa+. The molecule has 0 spiro atoms. The van der Waals surface area contributed by atoms with Crippen LogP contribution in [0.2, 0.25) is 22.9 Å². The van der Waals surface area contributed by atoms with E-state index in [-0.39, 0.29) is 46.3 Å². The van der Waals surface area contributed by atoms with Crippen LogP contribution in [0.5, 0.6) is 0 Å². The van der Waals surface area contributed by atoms with Gasteiger partial charge in [-0.05, 0) is 0 Å². The molecule has 0 aromatic carbocycles. The molecule has 4 rings (SSSR count). The molecule has 21 radical (unpaired) electrons. The number of rotatable bonds is 0. The van der Waals surface area contributed by atoms with E-state index in [2.05, 4.69) is 99.7 Å². The molecule has 4 aliphatic rings. The van der Waals surface area contributed by atoms with E-state index < -0.39 is 0 Å². The molecule has 0 aliphatic carbocycles. The van der Waals surface area contributed by atoms with Gasteiger partial charge in [-0.3, -0.25) is 0 Å². The SMILES string of the molecule is [B]1[B][B][B][B]C2[B]C2[B][B][B][B]1.[B]1[B][B][B][B]C2[B]C2[B][B][B][B]1.[Co].[Na+]. The topological polar surface area (TPSA) is 0 Å². The molecule has 0 N–H and O–H groups in total. The van der Waals surface area contributed by atoms with Gasteiger partial charge < -0.3 is 0 Å². The maximum Gasteiger partial charge on any atom is 1.00 e. The van der Waals surface area contributed by atoms with E-state index in [4.69, 9.17) is 0 Å². The Balaban J connectivity index is 0.000000241. The molecule has 4 aliphatic heterocycles. The van der Waals surface area contributed by atoms with Crippen molar-refractivity contribution in [3.05, 3.63) is 0 Å². The molecule has 89 valence electrons. The van der Waals surface area contributed by atoms with Crippen molar-refractivity contribution in [1.29, 1.82) is 0 Å². The predicted molar refractivity (Wildman–Crippen MR) is 130 cm³/mol. The van der Waals surface area contributed by atoms with Gasteiger partial charge in [-0.25, -0.2) is 0 Å². The summed E-state index contributed by atoms with van der Waals surface area (Å²) < 4.78 is 0. The van der Waals surface area contributed by atoms with Gasteiger partial charge in [-0.1, -0.05) is 0 Å². The van der Waals surface area contributed by atoms with Crippen molar-refractivity contribution in [2.45, 2.75) is 22.9 Å². The van der Waals surface area contributed by atoms with Crippen molar-refractivity contribution >= 4 is 142 Å². The summed E-state index contributed by atoms with van der Waals surface area (Å²) in [4.78, 5) is 0. The summed E-state index contributed by atoms with van der Waals surface area (Å²) in [5.74, 6) is 0. The Morgan fingerprint density at radius 3 is 0.731 bits per heavy atom. The van der Waals surface area contributed by atoms with Crippen molar-refractivity contribution in [2.24, 2.45) is 0 Å². The summed E-state index contributed by atoms with van der Waals surface area (Å²) in [6.45, 7) is 0. The summed E-state index contributed by atoms with van der Waals surface area (Å²) in [5, 5.41) is 0. The van der Waals surface area contributed by atoms with Gasteiger partial charge in [0.2, 0.25) is 0 Å². The third kappa shape index (κ3) is 11.9. The molecule has 0 nitrogen and oxygen atoms in total. The summed E-state index contributed by atoms with van der Waals surface area (Å²) >= 11 is 0. The van der Waals surface area contributed by atoms with E-state index in [0.29, 0.717) is 22.9 Å². The monoisotopic (exact) mass is 354 g/mol. The van der Waals surface area contributed by atoms with Crippen LogP contribution in [0.4, 0.5) is 0 Å². The predicted octanol–water partition coefficient (Wildman–Crippen LogP) is -9.26. The van der Waals surface area contributed by atoms with Crippen LogP contribution in [-0.2, 0) is 16.8 Å². The normalized spacial score (nSPS) is 28.9. The van der Waals surface area contributed by atoms with Gasteiger partial charge in [-0.2, -0.15) is 0 Å². The summed E-state index contributed by atoms with van der Waals surface area (Å²) in [6, 6.07) is 0. The van der Waals surface area contributed by atoms with Crippen molar-refractivity contribution in [2.75, 3.05) is 0 Å². The van der Waals surface area contributed by atoms with Crippen LogP contribution in [0, 0.1) is 0 Å². The van der Waals surface area contributed by atoms with E-state index in [1.165, 1.54) is 0 Å². The Morgan fingerprint density at radius 2 is 0.500 bits per heavy atom. The van der Waals surface area contributed by atoms with Crippen LogP contribution in [-0.4, -0.2) is 142 Å². The summed E-state index contributed by atoms with van der Waals surface area (Å²) in [7, 11) is 42.6. The van der Waals surface area contributed by atoms with Crippen LogP contribution < -0.4 is 29.6 Å². The van der Waals surface area contributed by atoms with E-state index in [0.717, 1.165) is 0 Å². The molecule has 4 atom stereocenters. The van der Waals surface area contributed by atoms with Crippen LogP contribution in [0.15, 0.2) is 0 Å². The van der Waals surface area contributed by atoms with Gasteiger partial charge in [-0.15, -0.1) is 22.9 Å². The summed E-state index contributed by atoms with van der Waals surface area (Å²) in [6.07, 6.45) is 0. The van der Waals surface area contributed by atoms with E-state index in [1.807, 2.05) is 42.4 Å². The molecule has 0 aromatic heterocycles. The first-order valence-electron chi connectivity index (χ1n) is 8.67. The molecule has 4 unspecified atom stereocenters. The average molecular weight is 350 g/mol. The molecule has 0 aromatic rings. The van der Waals surface area contributed by atoms with Crippen LogP contribution in [0.3, 0.4) is 0 Å². The van der Waals surface area contributed by atoms with E-state index >= 15 is 0 Å². The van der Waals surface area contributed by atoms with Gasteiger partial charge in [0, 0.05) is 144 Å². The zero-order chi connectivity index (χ0) is 16.5. The zero-order valence-corrected chi connectivity index (χ0v) is 18.2. The van der Waals surface area contributed by atoms with Gasteiger partial charge in [0.15, 0.2) is 0 Å². The fourth-order valence-corrected chi connectivity index (χ4v) is 2.57. The standard InChI is InChI=1S/2C2H2B10.Co.Na/c2*3-1-2(3)5-7-9-11-12-10-8-6-4-1;;/h2*1-2H;;/q;;;+1. The van der Waals surface area contributed by atoms with Crippen molar-refractivity contribution in [3.8, 4) is 0 Å². The zero-order valence-electron chi connectivity index (χ0n) is 15.2. The van der Waals surface area contributed by atoms with Crippen LogP contribution >= 0.6 is 0 Å². The largest absolute Gasteiger partial charge is 1.00 e. The van der Waals surface area contributed by atoms with E-state index in [9.17, 15) is 0 Å². The van der Waals surface area contributed by atoms with Gasteiger partial charge in [0.05, 0.1) is 14.6 Å². The molecule has 0 bridgehead atoms. The van der Waals surface area contributed by atoms with Crippen LogP contribution in [0.1, 0.15) is 0 Å². The number of fused-ring (bicyclic) bond motifs is 2. The fourth-order valence-electron chi connectivity index (χ4n) is 2.57. The molecule has 4 saturated heterocycles. The van der Waals surface area contributed by atoms with Crippen molar-refractivity contribution in [1.82, 2.24) is 0 Å². The second-order valence-electron chi connectivity index (χ2n) is 6.16. The Morgan fingerprint density at radius 1 is 0.308 bits per heavy atom. The molecule has 4 heterocycles. The minimum Gasteiger partial charge on any atom is -0.115 e. The molecular weight excluding hydrogens is 346 g/mol. The van der Waals surface area contributed by atoms with Crippen molar-refractivity contribution < 1.29 is 46.3 Å². The number of hydrogen-bond donors (Lipinski definition) is 0. The van der Waals surface area contributed by atoms with Gasteiger partial charge in [0.1, 0.15) is 0 Å². The second-order valence-corrected chi connectivity index (χ2v) is 6.16. The fraction of sp³-hybridized carbons (Fsp3) is 1.00. The Labute approximate surface area is 209 Å². The Bertz CT molecular complexity index is 288. The molecule has 4 fully saturated rings. The second kappa shape index (κ2) is 16.5. The van der Waals surface area contributed by atoms with Gasteiger partial charge >= 0.3 is 29.6 Å². The molecule has 26 heavy (non-hydrogen) atoms. The third-order valence-electron chi connectivity index (χ3n) is 4.16. The van der Waals surface area contributed by atoms with Crippen LogP contribution in [0.25, 0.3) is 0 Å². The Hall–Kier alpha value is 2.81. The smallest absolute Gasteiger partial charge is 0.115 e. The quantitative estimate of drug-likeness (QED) is 0.381. The molecule has 22 heteroatoms. The Kier molecular flexibility index (Phi) is 17.0. The van der Waals surface area contributed by atoms with Crippen molar-refractivity contribution in [3.63, 3.8) is 0 Å². The van der Waals surface area contributed by atoms with E-state index in [1.54, 1.807) is 0 Å². The summed E-state index contributed by atoms with van der Waals surface area (Å²) in [5.41, 5.74) is 2.71. The maximum absolute atomic E-state index is 2.33. The maximum atomic E-state index is 2.33. The van der Waals surface area contributed by atoms with Gasteiger partial charge in [0.25, 0.3) is 0 Å². The number of hydrogen-bond acceptors (Lipinski definition) is 0. The average Bonchev–Trinajstić information content (AvgIpc) is 3.47. The first kappa shape index (κ1) is 26.8. The molecule has 0 amide bonds. The first-order valence-corrected chi connectivity index (χ1v) is 8.67. The minimum absolute atomic E-state index is 0. The first-order chi connectivity index (χ1) is 11.9. The molecule has 0 saturated carbocycles. The third-order valence-corrected chi connectivity index (χ3v) is 4.16.